The quantitative estimate of drug-likeness (QED) is 0.755. The summed E-state index contributed by atoms with van der Waals surface area (Å²) in [6, 6.07) is 1.53. The number of aromatic nitrogens is 1. The molecule has 0 bridgehead atoms. The summed E-state index contributed by atoms with van der Waals surface area (Å²) in [5.74, 6) is 0.699. The lowest BCUT2D eigenvalue weighted by molar-refractivity contribution is 0.163. The molecule has 0 saturated heterocycles. The van der Waals surface area contributed by atoms with E-state index in [0.717, 1.165) is 0 Å². The van der Waals surface area contributed by atoms with E-state index in [1.807, 2.05) is 6.92 Å². The van der Waals surface area contributed by atoms with Crippen LogP contribution in [0, 0.1) is 5.92 Å². The number of hydrogen-bond donors (Lipinski definition) is 0. The van der Waals surface area contributed by atoms with Crippen molar-refractivity contribution in [3.8, 4) is 5.88 Å². The second-order valence-corrected chi connectivity index (χ2v) is 4.79. The zero-order chi connectivity index (χ0) is 11.6. The Hall–Kier alpha value is -0.180. The van der Waals surface area contributed by atoms with E-state index in [4.69, 9.17) is 39.5 Å². The summed E-state index contributed by atoms with van der Waals surface area (Å²) >= 11 is 17.4. The van der Waals surface area contributed by atoms with Crippen LogP contribution in [0.15, 0.2) is 6.07 Å². The minimum Gasteiger partial charge on any atom is -0.473 e. The maximum Gasteiger partial charge on any atom is 0.234 e. The molecule has 0 aliphatic heterocycles. The van der Waals surface area contributed by atoms with Gasteiger partial charge in [0.05, 0.1) is 11.1 Å². The molecule has 15 heavy (non-hydrogen) atoms. The fraction of sp³-hybridized carbons (Fsp3) is 0.500. The van der Waals surface area contributed by atoms with Crippen LogP contribution >= 0.6 is 34.8 Å². The second-order valence-electron chi connectivity index (χ2n) is 3.61. The Morgan fingerprint density at radius 2 is 1.73 bits per heavy atom. The zero-order valence-corrected chi connectivity index (χ0v) is 11.0. The van der Waals surface area contributed by atoms with E-state index < -0.39 is 0 Å². The van der Waals surface area contributed by atoms with Crippen molar-refractivity contribution >= 4 is 34.8 Å². The lowest BCUT2D eigenvalue weighted by Crippen LogP contribution is -2.19. The average Bonchev–Trinajstić information content (AvgIpc) is 2.13. The second kappa shape index (κ2) is 5.24. The lowest BCUT2D eigenvalue weighted by Gasteiger charge is -2.18. The fourth-order valence-corrected chi connectivity index (χ4v) is 1.36. The van der Waals surface area contributed by atoms with Crippen LogP contribution in [-0.4, -0.2) is 11.1 Å². The van der Waals surface area contributed by atoms with Crippen molar-refractivity contribution in [2.45, 2.75) is 26.9 Å². The van der Waals surface area contributed by atoms with Crippen molar-refractivity contribution in [1.29, 1.82) is 0 Å². The van der Waals surface area contributed by atoms with Gasteiger partial charge < -0.3 is 4.74 Å². The summed E-state index contributed by atoms with van der Waals surface area (Å²) < 4.78 is 5.56. The molecule has 0 fully saturated rings. The number of hydrogen-bond acceptors (Lipinski definition) is 2. The molecular formula is C10H12Cl3NO. The standard InChI is InChI=1S/C10H12Cl3NO/c1-5(2)6(3)15-10-8(12)4-7(11)9(13)14-10/h4-6H,1-3H3. The highest BCUT2D eigenvalue weighted by Gasteiger charge is 2.14. The van der Waals surface area contributed by atoms with Crippen LogP contribution in [0.5, 0.6) is 5.88 Å². The lowest BCUT2D eigenvalue weighted by atomic mass is 10.1. The number of nitrogens with zero attached hydrogens (tertiary/aromatic N) is 1. The molecule has 1 heterocycles. The average molecular weight is 269 g/mol. The van der Waals surface area contributed by atoms with E-state index in [1.165, 1.54) is 6.07 Å². The van der Waals surface area contributed by atoms with Crippen LogP contribution < -0.4 is 4.74 Å². The van der Waals surface area contributed by atoms with Crippen molar-refractivity contribution in [3.05, 3.63) is 21.3 Å². The summed E-state index contributed by atoms with van der Waals surface area (Å²) in [5, 5.41) is 0.898. The molecule has 0 aromatic carbocycles. The van der Waals surface area contributed by atoms with Crippen LogP contribution in [0.3, 0.4) is 0 Å². The molecule has 0 aliphatic rings. The third-order valence-electron chi connectivity index (χ3n) is 2.09. The van der Waals surface area contributed by atoms with Crippen molar-refractivity contribution in [2.75, 3.05) is 0 Å². The Morgan fingerprint density at radius 1 is 1.13 bits per heavy atom. The summed E-state index contributed by atoms with van der Waals surface area (Å²) in [6.07, 6.45) is 0.0206. The van der Waals surface area contributed by atoms with Crippen LogP contribution in [0.1, 0.15) is 20.8 Å². The molecule has 5 heteroatoms. The fourth-order valence-electron chi connectivity index (χ4n) is 0.823. The van der Waals surface area contributed by atoms with Gasteiger partial charge in [0.15, 0.2) is 5.15 Å². The molecule has 1 aromatic heterocycles. The van der Waals surface area contributed by atoms with Gasteiger partial charge in [-0.05, 0) is 18.9 Å². The minimum atomic E-state index is 0.0206. The van der Waals surface area contributed by atoms with Gasteiger partial charge >= 0.3 is 0 Å². The molecule has 1 atom stereocenters. The van der Waals surface area contributed by atoms with E-state index in [9.17, 15) is 0 Å². The first-order valence-electron chi connectivity index (χ1n) is 4.60. The Kier molecular flexibility index (Phi) is 4.50. The van der Waals surface area contributed by atoms with E-state index in [1.54, 1.807) is 0 Å². The molecule has 1 unspecified atom stereocenters. The molecule has 0 radical (unpaired) electrons. The van der Waals surface area contributed by atoms with Gasteiger partial charge in [0.2, 0.25) is 5.88 Å². The Morgan fingerprint density at radius 3 is 2.27 bits per heavy atom. The number of rotatable bonds is 3. The van der Waals surface area contributed by atoms with Crippen molar-refractivity contribution in [2.24, 2.45) is 5.92 Å². The largest absolute Gasteiger partial charge is 0.473 e. The molecule has 0 aliphatic carbocycles. The van der Waals surface area contributed by atoms with Gasteiger partial charge in [-0.3, -0.25) is 0 Å². The Labute approximate surface area is 104 Å². The van der Waals surface area contributed by atoms with Crippen LogP contribution in [0.2, 0.25) is 15.2 Å². The van der Waals surface area contributed by atoms with Gasteiger partial charge in [0.25, 0.3) is 0 Å². The molecule has 0 spiro atoms. The summed E-state index contributed by atoms with van der Waals surface area (Å²) in [6.45, 7) is 6.05. The maximum atomic E-state index is 5.92. The highest BCUT2D eigenvalue weighted by Crippen LogP contribution is 2.31. The molecular weight excluding hydrogens is 256 g/mol. The molecule has 2 nitrogen and oxygen atoms in total. The van der Waals surface area contributed by atoms with E-state index in [-0.39, 0.29) is 11.3 Å². The van der Waals surface area contributed by atoms with Gasteiger partial charge in [-0.15, -0.1) is 0 Å². The Bertz CT molecular complexity index is 355. The van der Waals surface area contributed by atoms with E-state index in [0.29, 0.717) is 21.8 Å². The monoisotopic (exact) mass is 267 g/mol. The summed E-state index contributed by atoms with van der Waals surface area (Å²) in [4.78, 5) is 3.97. The number of pyridine rings is 1. The number of halogens is 3. The third-order valence-corrected chi connectivity index (χ3v) is 3.03. The van der Waals surface area contributed by atoms with E-state index >= 15 is 0 Å². The van der Waals surface area contributed by atoms with Crippen LogP contribution in [0.4, 0.5) is 0 Å². The van der Waals surface area contributed by atoms with Crippen LogP contribution in [-0.2, 0) is 0 Å². The SMILES string of the molecule is CC(C)C(C)Oc1nc(Cl)c(Cl)cc1Cl. The van der Waals surface area contributed by atoms with Gasteiger partial charge in [0, 0.05) is 0 Å². The first kappa shape index (κ1) is 12.9. The molecule has 1 aromatic rings. The highest BCUT2D eigenvalue weighted by molar-refractivity contribution is 6.42. The zero-order valence-electron chi connectivity index (χ0n) is 8.72. The maximum absolute atomic E-state index is 5.92. The van der Waals surface area contributed by atoms with Crippen molar-refractivity contribution in [3.63, 3.8) is 0 Å². The van der Waals surface area contributed by atoms with Crippen molar-refractivity contribution in [1.82, 2.24) is 4.98 Å². The molecule has 0 amide bonds. The van der Waals surface area contributed by atoms with Crippen LogP contribution in [0.25, 0.3) is 0 Å². The molecule has 0 N–H and O–H groups in total. The third kappa shape index (κ3) is 3.40. The van der Waals surface area contributed by atoms with Crippen molar-refractivity contribution < 1.29 is 4.74 Å². The topological polar surface area (TPSA) is 22.1 Å². The van der Waals surface area contributed by atoms with Gasteiger partial charge in [0.1, 0.15) is 5.02 Å². The number of ether oxygens (including phenoxy) is 1. The van der Waals surface area contributed by atoms with Gasteiger partial charge in [-0.25, -0.2) is 0 Å². The van der Waals surface area contributed by atoms with Gasteiger partial charge in [-0.2, -0.15) is 4.98 Å². The normalized spacial score (nSPS) is 13.0. The van der Waals surface area contributed by atoms with Gasteiger partial charge in [-0.1, -0.05) is 48.7 Å². The highest BCUT2D eigenvalue weighted by atomic mass is 35.5. The van der Waals surface area contributed by atoms with E-state index in [2.05, 4.69) is 18.8 Å². The predicted molar refractivity (Wildman–Crippen MR) is 64.2 cm³/mol. The molecule has 1 rings (SSSR count). The Balaban J connectivity index is 2.91. The summed E-state index contributed by atoms with van der Waals surface area (Å²) in [5.41, 5.74) is 0. The summed E-state index contributed by atoms with van der Waals surface area (Å²) in [7, 11) is 0. The first-order chi connectivity index (χ1) is 6.91. The molecule has 84 valence electrons. The smallest absolute Gasteiger partial charge is 0.234 e. The molecule has 0 saturated carbocycles. The predicted octanol–water partition coefficient (Wildman–Crippen LogP) is 4.47. The first-order valence-corrected chi connectivity index (χ1v) is 5.73. The minimum absolute atomic E-state index is 0.0206.